The number of carbonyl (C=O) groups excluding carboxylic acids is 1. The van der Waals surface area contributed by atoms with Gasteiger partial charge < -0.3 is 10.9 Å². The first-order valence-electron chi connectivity index (χ1n) is 2.97. The van der Waals surface area contributed by atoms with E-state index in [0.717, 1.165) is 6.42 Å². The summed E-state index contributed by atoms with van der Waals surface area (Å²) in [7, 11) is 1.38. The van der Waals surface area contributed by atoms with Crippen LogP contribution in [0.1, 0.15) is 20.3 Å². The summed E-state index contributed by atoms with van der Waals surface area (Å²) in [6, 6.07) is 0. The molecule has 0 spiro atoms. The van der Waals surface area contributed by atoms with Gasteiger partial charge in [0.2, 0.25) is 0 Å². The standard InChI is InChI=1S/C7H12O2.ClH.H3N/c1-4-5-6(2)7(8)9-3;;/h5H,4H2,1-3H3;1H;1H3. The van der Waals surface area contributed by atoms with Crippen molar-refractivity contribution in [2.45, 2.75) is 20.3 Å². The molecule has 0 aromatic heterocycles. The molecule has 0 radical (unpaired) electrons. The molecule has 0 aliphatic heterocycles. The van der Waals surface area contributed by atoms with Gasteiger partial charge in [0, 0.05) is 5.57 Å². The van der Waals surface area contributed by atoms with Gasteiger partial charge in [0.25, 0.3) is 0 Å². The zero-order valence-corrected chi connectivity index (χ0v) is 8.03. The highest BCUT2D eigenvalue weighted by Crippen LogP contribution is 1.96. The van der Waals surface area contributed by atoms with Crippen LogP contribution in [0.3, 0.4) is 0 Å². The van der Waals surface area contributed by atoms with Gasteiger partial charge in [0.1, 0.15) is 0 Å². The maximum atomic E-state index is 10.6. The second kappa shape index (κ2) is 9.46. The molecule has 0 aromatic carbocycles. The third kappa shape index (κ3) is 7.36. The quantitative estimate of drug-likeness (QED) is 0.524. The van der Waals surface area contributed by atoms with Gasteiger partial charge in [-0.25, -0.2) is 4.79 Å². The Hall–Kier alpha value is -0.540. The summed E-state index contributed by atoms with van der Waals surface area (Å²) in [5.74, 6) is -0.239. The van der Waals surface area contributed by atoms with E-state index in [2.05, 4.69) is 4.74 Å². The third-order valence-electron chi connectivity index (χ3n) is 1.02. The molecule has 3 nitrogen and oxygen atoms in total. The minimum Gasteiger partial charge on any atom is -0.466 e. The summed E-state index contributed by atoms with van der Waals surface area (Å²) >= 11 is 0. The van der Waals surface area contributed by atoms with E-state index >= 15 is 0 Å². The van der Waals surface area contributed by atoms with E-state index in [9.17, 15) is 4.79 Å². The fourth-order valence-electron chi connectivity index (χ4n) is 0.551. The van der Waals surface area contributed by atoms with Crippen LogP contribution in [0.4, 0.5) is 0 Å². The van der Waals surface area contributed by atoms with Gasteiger partial charge in [0.15, 0.2) is 0 Å². The first-order valence-corrected chi connectivity index (χ1v) is 2.97. The van der Waals surface area contributed by atoms with Gasteiger partial charge >= 0.3 is 5.97 Å². The zero-order valence-electron chi connectivity index (χ0n) is 7.22. The molecule has 0 bridgehead atoms. The number of halogens is 1. The first-order chi connectivity index (χ1) is 4.22. The van der Waals surface area contributed by atoms with Gasteiger partial charge in [0.05, 0.1) is 7.11 Å². The van der Waals surface area contributed by atoms with Crippen molar-refractivity contribution >= 4 is 18.4 Å². The lowest BCUT2D eigenvalue weighted by Gasteiger charge is -1.95. The van der Waals surface area contributed by atoms with Gasteiger partial charge in [-0.2, -0.15) is 0 Å². The SMILES string of the molecule is CCC=C(C)C(=O)OC.Cl.N. The van der Waals surface area contributed by atoms with Crippen LogP contribution in [0, 0.1) is 0 Å². The molecule has 0 heterocycles. The molecule has 0 saturated carbocycles. The third-order valence-corrected chi connectivity index (χ3v) is 1.02. The second-order valence-corrected chi connectivity index (χ2v) is 1.79. The van der Waals surface area contributed by atoms with Crippen molar-refractivity contribution < 1.29 is 9.53 Å². The van der Waals surface area contributed by atoms with Crippen molar-refractivity contribution in [1.29, 1.82) is 0 Å². The summed E-state index contributed by atoms with van der Waals surface area (Å²) < 4.78 is 4.46. The molecule has 0 aliphatic carbocycles. The van der Waals surface area contributed by atoms with Crippen LogP contribution in [0.25, 0.3) is 0 Å². The van der Waals surface area contributed by atoms with E-state index in [4.69, 9.17) is 0 Å². The Morgan fingerprint density at radius 3 is 2.27 bits per heavy atom. The Bertz CT molecular complexity index is 134. The number of methoxy groups -OCH3 is 1. The minimum atomic E-state index is -0.239. The summed E-state index contributed by atoms with van der Waals surface area (Å²) in [6.07, 6.45) is 2.72. The minimum absolute atomic E-state index is 0. The largest absolute Gasteiger partial charge is 0.466 e. The molecule has 0 aromatic rings. The second-order valence-electron chi connectivity index (χ2n) is 1.79. The first kappa shape index (κ1) is 16.8. The predicted molar refractivity (Wildman–Crippen MR) is 48.3 cm³/mol. The fraction of sp³-hybridized carbons (Fsp3) is 0.571. The van der Waals surface area contributed by atoms with Gasteiger partial charge in [-0.1, -0.05) is 13.0 Å². The molecule has 11 heavy (non-hydrogen) atoms. The van der Waals surface area contributed by atoms with E-state index in [0.29, 0.717) is 5.57 Å². The molecule has 0 aliphatic rings. The lowest BCUT2D eigenvalue weighted by Crippen LogP contribution is -2.00. The Labute approximate surface area is 73.8 Å². The van der Waals surface area contributed by atoms with E-state index in [1.807, 2.05) is 13.0 Å². The van der Waals surface area contributed by atoms with Crippen LogP contribution in [-0.2, 0) is 9.53 Å². The van der Waals surface area contributed by atoms with Crippen molar-refractivity contribution in [3.05, 3.63) is 11.6 Å². The molecule has 0 saturated heterocycles. The number of ether oxygens (including phenoxy) is 1. The van der Waals surface area contributed by atoms with Crippen molar-refractivity contribution in [2.75, 3.05) is 7.11 Å². The van der Waals surface area contributed by atoms with Crippen LogP contribution in [-0.4, -0.2) is 13.1 Å². The number of rotatable bonds is 2. The Morgan fingerprint density at radius 2 is 2.00 bits per heavy atom. The van der Waals surface area contributed by atoms with Crippen LogP contribution < -0.4 is 6.15 Å². The Kier molecular flexibility index (Phi) is 14.5. The highest BCUT2D eigenvalue weighted by atomic mass is 35.5. The average Bonchev–Trinajstić information content (AvgIpc) is 1.87. The normalized spacial score (nSPS) is 9.18. The lowest BCUT2D eigenvalue weighted by atomic mass is 10.2. The molecule has 0 unspecified atom stereocenters. The Morgan fingerprint density at radius 1 is 1.55 bits per heavy atom. The number of carbonyl (C=O) groups is 1. The van der Waals surface area contributed by atoms with Crippen molar-refractivity contribution in [1.82, 2.24) is 6.15 Å². The zero-order chi connectivity index (χ0) is 7.28. The van der Waals surface area contributed by atoms with E-state index in [1.54, 1.807) is 6.92 Å². The lowest BCUT2D eigenvalue weighted by molar-refractivity contribution is -0.136. The molecular formula is C7H16ClNO2. The van der Waals surface area contributed by atoms with E-state index in [-0.39, 0.29) is 24.5 Å². The maximum Gasteiger partial charge on any atom is 0.333 e. The van der Waals surface area contributed by atoms with Crippen LogP contribution >= 0.6 is 12.4 Å². The van der Waals surface area contributed by atoms with Gasteiger partial charge in [-0.3, -0.25) is 0 Å². The van der Waals surface area contributed by atoms with Gasteiger partial charge in [-0.05, 0) is 13.3 Å². The monoisotopic (exact) mass is 181 g/mol. The van der Waals surface area contributed by atoms with Crippen LogP contribution in [0.2, 0.25) is 0 Å². The Balaban J connectivity index is -0.000000320. The number of hydrogen-bond acceptors (Lipinski definition) is 3. The molecule has 0 atom stereocenters. The topological polar surface area (TPSA) is 61.3 Å². The van der Waals surface area contributed by atoms with Crippen molar-refractivity contribution in [3.63, 3.8) is 0 Å². The average molecular weight is 182 g/mol. The summed E-state index contributed by atoms with van der Waals surface area (Å²) in [6.45, 7) is 3.72. The number of hydrogen-bond donors (Lipinski definition) is 1. The van der Waals surface area contributed by atoms with Crippen LogP contribution in [0.15, 0.2) is 11.6 Å². The van der Waals surface area contributed by atoms with Gasteiger partial charge in [-0.15, -0.1) is 12.4 Å². The van der Waals surface area contributed by atoms with Crippen LogP contribution in [0.5, 0.6) is 0 Å². The summed E-state index contributed by atoms with van der Waals surface area (Å²) in [5.41, 5.74) is 0.681. The smallest absolute Gasteiger partial charge is 0.333 e. The molecule has 3 N–H and O–H groups in total. The van der Waals surface area contributed by atoms with E-state index < -0.39 is 0 Å². The van der Waals surface area contributed by atoms with Crippen molar-refractivity contribution in [3.8, 4) is 0 Å². The maximum absolute atomic E-state index is 10.6. The summed E-state index contributed by atoms with van der Waals surface area (Å²) in [5, 5.41) is 0. The molecular weight excluding hydrogens is 166 g/mol. The fourth-order valence-corrected chi connectivity index (χ4v) is 0.551. The van der Waals surface area contributed by atoms with E-state index in [1.165, 1.54) is 7.11 Å². The summed E-state index contributed by atoms with van der Waals surface area (Å²) in [4.78, 5) is 10.6. The molecule has 0 rings (SSSR count). The number of allylic oxidation sites excluding steroid dienone is 1. The molecule has 68 valence electrons. The predicted octanol–water partition coefficient (Wildman–Crippen LogP) is 2.10. The van der Waals surface area contributed by atoms with Crippen molar-refractivity contribution in [2.24, 2.45) is 0 Å². The molecule has 4 heteroatoms. The molecule has 0 fully saturated rings. The molecule has 0 amide bonds. The highest BCUT2D eigenvalue weighted by Gasteiger charge is 1.99. The number of esters is 1. The highest BCUT2D eigenvalue weighted by molar-refractivity contribution is 5.87.